The molecule has 10 atom stereocenters. The molecule has 6 aromatic rings. The average Bonchev–Trinajstić information content (AvgIpc) is 3.36. The molecule has 0 amide bonds. The lowest BCUT2D eigenvalue weighted by Gasteiger charge is -2.52. The van der Waals surface area contributed by atoms with E-state index in [4.69, 9.17) is 28.9 Å². The number of benzene rings is 4. The van der Waals surface area contributed by atoms with Crippen LogP contribution in [0, 0.1) is 23.7 Å². The molecule has 2 aromatic heterocycles. The summed E-state index contributed by atoms with van der Waals surface area (Å²) in [6.45, 7) is 8.58. The Kier molecular flexibility index (Phi) is 10.6. The lowest BCUT2D eigenvalue weighted by atomic mass is 9.72. The molecular weight excluding hydrogens is 801 g/mol. The highest BCUT2D eigenvalue weighted by Gasteiger charge is 2.47. The summed E-state index contributed by atoms with van der Waals surface area (Å²) >= 11 is 0. The summed E-state index contributed by atoms with van der Waals surface area (Å²) in [5.74, 6) is 4.15. The van der Waals surface area contributed by atoms with Crippen LogP contribution in [0.5, 0.6) is 23.0 Å². The number of aromatic nitrogens is 2. The molecule has 328 valence electrons. The smallest absolute Gasteiger partial charge is 0.198 e. The van der Waals surface area contributed by atoms with Crippen molar-refractivity contribution < 1.29 is 28.5 Å². The van der Waals surface area contributed by atoms with Crippen LogP contribution in [0.2, 0.25) is 0 Å². The molecule has 6 saturated heterocycles. The topological polar surface area (TPSA) is 103 Å². The summed E-state index contributed by atoms with van der Waals surface area (Å²) in [7, 11) is 3.35. The van der Waals surface area contributed by atoms with Crippen molar-refractivity contribution in [3.63, 3.8) is 0 Å². The standard InChI is InChI=1S/C54H56N4O6/c1-5-31-29-57-23-19-33(31)25-45(57)53(39-17-21-55-43-13-11-35(61-3)27-41(39)43)63-47-15-16-48(50-49(47)51(59)37-9-7-8-10-38(37)52(50)60)64-54(46-26-34-20-24-58(46)30-32(34)6-2)40-18-22-56-44-14-12-36(62-4)28-42(40)44/h7-18,21-22,27-28,31-34,45-46,53-54H,5-6,19-20,23-26,29-30H2,1-4H3/t31?,32?,33-,34?,45+,46+,53-,54-/m1/s1. The summed E-state index contributed by atoms with van der Waals surface area (Å²) in [5.41, 5.74) is 4.87. The maximum atomic E-state index is 15.1. The average molecular weight is 857 g/mol. The maximum Gasteiger partial charge on any atom is 0.198 e. The van der Waals surface area contributed by atoms with Crippen LogP contribution in [-0.4, -0.2) is 83.8 Å². The molecule has 64 heavy (non-hydrogen) atoms. The molecule has 6 aliphatic heterocycles. The number of pyridine rings is 2. The van der Waals surface area contributed by atoms with Crippen LogP contribution in [0.25, 0.3) is 21.8 Å². The molecule has 7 aliphatic rings. The predicted octanol–water partition coefficient (Wildman–Crippen LogP) is 10.1. The van der Waals surface area contributed by atoms with Crippen molar-refractivity contribution in [2.45, 2.75) is 76.7 Å². The molecule has 10 heteroatoms. The first-order valence-corrected chi connectivity index (χ1v) is 23.4. The number of fused-ring (bicyclic) bond motifs is 10. The minimum atomic E-state index is -0.475. The van der Waals surface area contributed by atoms with E-state index in [9.17, 15) is 0 Å². The van der Waals surface area contributed by atoms with Gasteiger partial charge in [0, 0.05) is 58.5 Å². The van der Waals surface area contributed by atoms with E-state index in [1.807, 2.05) is 85.2 Å². The van der Waals surface area contributed by atoms with Crippen molar-refractivity contribution in [1.82, 2.24) is 19.8 Å². The van der Waals surface area contributed by atoms with E-state index in [0.717, 1.165) is 109 Å². The first-order chi connectivity index (χ1) is 31.3. The quantitative estimate of drug-likeness (QED) is 0.118. The monoisotopic (exact) mass is 856 g/mol. The minimum absolute atomic E-state index is 0.0377. The van der Waals surface area contributed by atoms with Crippen LogP contribution < -0.4 is 18.9 Å². The zero-order valence-corrected chi connectivity index (χ0v) is 37.2. The van der Waals surface area contributed by atoms with Gasteiger partial charge in [-0.3, -0.25) is 29.4 Å². The number of hydrogen-bond donors (Lipinski definition) is 0. The van der Waals surface area contributed by atoms with Gasteiger partial charge in [-0.15, -0.1) is 0 Å². The summed E-state index contributed by atoms with van der Waals surface area (Å²) in [5, 5.41) is 1.88. The van der Waals surface area contributed by atoms with Crippen LogP contribution in [0.1, 0.15) is 108 Å². The molecule has 5 unspecified atom stereocenters. The Hall–Kier alpha value is -5.84. The molecule has 0 spiro atoms. The number of carbonyl (C=O) groups excluding carboxylic acids is 2. The Morgan fingerprint density at radius 3 is 1.45 bits per heavy atom. The highest BCUT2D eigenvalue weighted by molar-refractivity contribution is 6.30. The molecule has 4 aromatic carbocycles. The van der Waals surface area contributed by atoms with Gasteiger partial charge in [0.2, 0.25) is 0 Å². The SMILES string of the molecule is CCC1CN2CCC1C[C@H]2[C@H](Oc1ccc(O[C@H](c2ccnc3ccc(OC)cc23)[C@@H]2C[C@H]3CCN2CC3CC)c2c1C(=O)c1ccccc1C2=O)c1ccnc2ccc(OC)cc12. The molecule has 13 rings (SSSR count). The van der Waals surface area contributed by atoms with Crippen molar-refractivity contribution in [2.24, 2.45) is 23.7 Å². The molecule has 8 heterocycles. The third kappa shape index (κ3) is 6.83. The fraction of sp³-hybridized carbons (Fsp3) is 0.407. The first-order valence-electron chi connectivity index (χ1n) is 23.4. The summed E-state index contributed by atoms with van der Waals surface area (Å²) < 4.78 is 26.3. The van der Waals surface area contributed by atoms with Gasteiger partial charge < -0.3 is 18.9 Å². The van der Waals surface area contributed by atoms with Gasteiger partial charge in [-0.05, 0) is 123 Å². The lowest BCUT2D eigenvalue weighted by molar-refractivity contribution is -0.0493. The van der Waals surface area contributed by atoms with Crippen LogP contribution >= 0.6 is 0 Å². The molecular formula is C54H56N4O6. The van der Waals surface area contributed by atoms with E-state index in [-0.39, 0.29) is 34.8 Å². The van der Waals surface area contributed by atoms with Gasteiger partial charge in [0.1, 0.15) is 35.2 Å². The molecule has 0 radical (unpaired) electrons. The molecule has 1 aliphatic carbocycles. The van der Waals surface area contributed by atoms with E-state index in [1.165, 1.54) is 0 Å². The fourth-order valence-electron chi connectivity index (χ4n) is 12.3. The number of ketones is 2. The summed E-state index contributed by atoms with van der Waals surface area (Å²) in [6, 6.07) is 27.0. The highest BCUT2D eigenvalue weighted by atomic mass is 16.5. The van der Waals surface area contributed by atoms with Crippen molar-refractivity contribution in [3.05, 3.63) is 131 Å². The molecule has 6 fully saturated rings. The van der Waals surface area contributed by atoms with Gasteiger partial charge in [-0.1, -0.05) is 51.0 Å². The Balaban J connectivity index is 1.07. The largest absolute Gasteiger partial charge is 0.497 e. The van der Waals surface area contributed by atoms with Crippen LogP contribution in [0.3, 0.4) is 0 Å². The number of ether oxygens (including phenoxy) is 4. The van der Waals surface area contributed by atoms with Gasteiger partial charge in [0.25, 0.3) is 0 Å². The predicted molar refractivity (Wildman–Crippen MR) is 247 cm³/mol. The van der Waals surface area contributed by atoms with Crippen LogP contribution in [0.4, 0.5) is 0 Å². The van der Waals surface area contributed by atoms with E-state index >= 15 is 9.59 Å². The second kappa shape index (κ2) is 16.6. The molecule has 0 N–H and O–H groups in total. The van der Waals surface area contributed by atoms with Crippen molar-refractivity contribution in [2.75, 3.05) is 40.4 Å². The van der Waals surface area contributed by atoms with E-state index in [1.54, 1.807) is 26.4 Å². The number of methoxy groups -OCH3 is 2. The van der Waals surface area contributed by atoms with E-state index in [0.29, 0.717) is 46.3 Å². The Labute approximate surface area is 374 Å². The molecule has 10 nitrogen and oxygen atoms in total. The fourth-order valence-corrected chi connectivity index (χ4v) is 12.3. The van der Waals surface area contributed by atoms with Crippen molar-refractivity contribution in [1.29, 1.82) is 0 Å². The number of nitrogens with zero attached hydrogens (tertiary/aromatic N) is 4. The third-order valence-corrected chi connectivity index (χ3v) is 15.7. The Bertz CT molecular complexity index is 2600. The van der Waals surface area contributed by atoms with E-state index in [2.05, 4.69) is 23.6 Å². The second-order valence-electron chi connectivity index (χ2n) is 18.7. The van der Waals surface area contributed by atoms with Gasteiger partial charge >= 0.3 is 0 Å². The van der Waals surface area contributed by atoms with Gasteiger partial charge in [0.15, 0.2) is 11.6 Å². The van der Waals surface area contributed by atoms with E-state index < -0.39 is 12.2 Å². The number of hydrogen-bond acceptors (Lipinski definition) is 10. The van der Waals surface area contributed by atoms with Crippen molar-refractivity contribution >= 4 is 33.4 Å². The number of rotatable bonds is 12. The third-order valence-electron chi connectivity index (χ3n) is 15.7. The molecule has 0 saturated carbocycles. The lowest BCUT2D eigenvalue weighted by Crippen LogP contribution is -2.56. The van der Waals surface area contributed by atoms with Crippen LogP contribution in [-0.2, 0) is 0 Å². The summed E-state index contributed by atoms with van der Waals surface area (Å²) in [4.78, 5) is 45.0. The maximum absolute atomic E-state index is 15.1. The zero-order chi connectivity index (χ0) is 43.6. The highest BCUT2D eigenvalue weighted by Crippen LogP contribution is 2.49. The Morgan fingerprint density at radius 2 is 1.06 bits per heavy atom. The minimum Gasteiger partial charge on any atom is -0.497 e. The van der Waals surface area contributed by atoms with Gasteiger partial charge in [0.05, 0.1) is 48.5 Å². The second-order valence-corrected chi connectivity index (χ2v) is 18.7. The summed E-state index contributed by atoms with van der Waals surface area (Å²) in [6.07, 6.45) is 9.30. The van der Waals surface area contributed by atoms with Gasteiger partial charge in [-0.2, -0.15) is 0 Å². The zero-order valence-electron chi connectivity index (χ0n) is 37.2. The van der Waals surface area contributed by atoms with Crippen LogP contribution in [0.15, 0.2) is 97.3 Å². The van der Waals surface area contributed by atoms with Crippen molar-refractivity contribution in [3.8, 4) is 23.0 Å². The normalized spacial score (nSPS) is 26.6. The Morgan fingerprint density at radius 1 is 0.609 bits per heavy atom. The van der Waals surface area contributed by atoms with Gasteiger partial charge in [-0.25, -0.2) is 0 Å². The first kappa shape index (κ1) is 40.9. The number of carbonyl (C=O) groups is 2. The number of piperidine rings is 6. The molecule has 4 bridgehead atoms.